The highest BCUT2D eigenvalue weighted by atomic mass is 16.1. The number of pyridine rings is 1. The van der Waals surface area contributed by atoms with Crippen molar-refractivity contribution in [2.45, 2.75) is 13.8 Å². The number of carbonyl (C=O) groups excluding carboxylic acids is 1. The van der Waals surface area contributed by atoms with Gasteiger partial charge < -0.3 is 5.73 Å². The van der Waals surface area contributed by atoms with E-state index in [4.69, 9.17) is 5.73 Å². The van der Waals surface area contributed by atoms with E-state index in [1.807, 2.05) is 19.1 Å². The van der Waals surface area contributed by atoms with Crippen molar-refractivity contribution in [3.05, 3.63) is 53.1 Å². The first-order chi connectivity index (χ1) is 9.06. The highest BCUT2D eigenvalue weighted by Gasteiger charge is 2.10. The van der Waals surface area contributed by atoms with E-state index in [-0.39, 0.29) is 0 Å². The van der Waals surface area contributed by atoms with E-state index >= 15 is 0 Å². The first kappa shape index (κ1) is 11.7. The number of nitrogens with zero attached hydrogens (tertiary/aromatic N) is 1. The Labute approximate surface area is 111 Å². The number of nitrogens with two attached hydrogens (primary N) is 1. The lowest BCUT2D eigenvalue weighted by Crippen LogP contribution is -2.11. The molecule has 2 N–H and O–H groups in total. The smallest absolute Gasteiger partial charge is 0.250 e. The summed E-state index contributed by atoms with van der Waals surface area (Å²) in [7, 11) is 0. The van der Waals surface area contributed by atoms with Gasteiger partial charge in [0.05, 0.1) is 16.6 Å². The standard InChI is InChI=1S/C16H14N2O/c1-9-6-10(2)14-12(7-9)8-11-4-3-5-13(16(17)19)15(11)18-14/h3-8H,1-2H3,(H2,17,19). The molecular weight excluding hydrogens is 236 g/mol. The minimum absolute atomic E-state index is 0.442. The maximum atomic E-state index is 11.5. The second kappa shape index (κ2) is 4.05. The van der Waals surface area contributed by atoms with Gasteiger partial charge in [-0.2, -0.15) is 0 Å². The minimum atomic E-state index is -0.442. The van der Waals surface area contributed by atoms with E-state index in [1.54, 1.807) is 6.07 Å². The Hall–Kier alpha value is -2.42. The summed E-state index contributed by atoms with van der Waals surface area (Å²) in [4.78, 5) is 16.1. The van der Waals surface area contributed by atoms with Crippen LogP contribution in [0.1, 0.15) is 21.5 Å². The SMILES string of the molecule is Cc1cc(C)c2nc3c(C(N)=O)cccc3cc2c1. The number of primary amides is 1. The molecule has 0 radical (unpaired) electrons. The van der Waals surface area contributed by atoms with Gasteiger partial charge >= 0.3 is 0 Å². The minimum Gasteiger partial charge on any atom is -0.366 e. The van der Waals surface area contributed by atoms with Gasteiger partial charge in [-0.1, -0.05) is 23.8 Å². The van der Waals surface area contributed by atoms with Gasteiger partial charge in [0.1, 0.15) is 0 Å². The molecule has 1 amide bonds. The average molecular weight is 250 g/mol. The van der Waals surface area contributed by atoms with Gasteiger partial charge in [0.25, 0.3) is 5.91 Å². The summed E-state index contributed by atoms with van der Waals surface area (Å²) in [6, 6.07) is 11.8. The molecule has 0 aliphatic rings. The van der Waals surface area contributed by atoms with Crippen LogP contribution in [0.2, 0.25) is 0 Å². The summed E-state index contributed by atoms with van der Waals surface area (Å²) in [5, 5.41) is 2.03. The lowest BCUT2D eigenvalue weighted by molar-refractivity contribution is 0.100. The van der Waals surface area contributed by atoms with Crippen molar-refractivity contribution in [2.24, 2.45) is 5.73 Å². The fraction of sp³-hybridized carbons (Fsp3) is 0.125. The van der Waals surface area contributed by atoms with Crippen LogP contribution >= 0.6 is 0 Å². The quantitative estimate of drug-likeness (QED) is 0.675. The molecule has 3 nitrogen and oxygen atoms in total. The van der Waals surface area contributed by atoms with Crippen LogP contribution < -0.4 is 5.73 Å². The Bertz CT molecular complexity index is 822. The van der Waals surface area contributed by atoms with Crippen LogP contribution in [-0.2, 0) is 0 Å². The van der Waals surface area contributed by atoms with E-state index in [9.17, 15) is 4.79 Å². The number of para-hydroxylation sites is 1. The first-order valence-electron chi connectivity index (χ1n) is 6.17. The molecule has 0 saturated carbocycles. The maximum Gasteiger partial charge on any atom is 0.250 e. The van der Waals surface area contributed by atoms with Crippen LogP contribution in [0.4, 0.5) is 0 Å². The summed E-state index contributed by atoms with van der Waals surface area (Å²) >= 11 is 0. The second-order valence-corrected chi connectivity index (χ2v) is 4.88. The van der Waals surface area contributed by atoms with Crippen molar-refractivity contribution in [3.63, 3.8) is 0 Å². The summed E-state index contributed by atoms with van der Waals surface area (Å²) in [5.74, 6) is -0.442. The fourth-order valence-corrected chi connectivity index (χ4v) is 2.54. The molecule has 2 aromatic carbocycles. The van der Waals surface area contributed by atoms with Gasteiger partial charge in [-0.05, 0) is 37.6 Å². The Morgan fingerprint density at radius 2 is 1.84 bits per heavy atom. The largest absolute Gasteiger partial charge is 0.366 e. The van der Waals surface area contributed by atoms with Crippen molar-refractivity contribution in [1.82, 2.24) is 4.98 Å². The number of carbonyl (C=O) groups is 1. The lowest BCUT2D eigenvalue weighted by Gasteiger charge is -2.08. The van der Waals surface area contributed by atoms with Crippen LogP contribution in [0, 0.1) is 13.8 Å². The Kier molecular flexibility index (Phi) is 2.49. The first-order valence-corrected chi connectivity index (χ1v) is 6.17. The molecule has 1 aromatic heterocycles. The van der Waals surface area contributed by atoms with Gasteiger partial charge in [-0.25, -0.2) is 4.98 Å². The topological polar surface area (TPSA) is 56.0 Å². The number of rotatable bonds is 1. The molecule has 0 aliphatic carbocycles. The van der Waals surface area contributed by atoms with Gasteiger partial charge in [-0.15, -0.1) is 0 Å². The van der Waals surface area contributed by atoms with Gasteiger partial charge in [0.15, 0.2) is 0 Å². The van der Waals surface area contributed by atoms with E-state index in [1.165, 1.54) is 5.56 Å². The molecule has 3 aromatic rings. The molecule has 0 spiro atoms. The van der Waals surface area contributed by atoms with Gasteiger partial charge in [-0.3, -0.25) is 4.79 Å². The van der Waals surface area contributed by atoms with Gasteiger partial charge in [0, 0.05) is 10.8 Å². The molecule has 1 heterocycles. The molecule has 94 valence electrons. The molecule has 0 unspecified atom stereocenters. The molecule has 0 aliphatic heterocycles. The Morgan fingerprint density at radius 3 is 2.58 bits per heavy atom. The van der Waals surface area contributed by atoms with Crippen molar-refractivity contribution >= 4 is 27.7 Å². The zero-order valence-corrected chi connectivity index (χ0v) is 10.9. The van der Waals surface area contributed by atoms with Crippen LogP contribution in [0.3, 0.4) is 0 Å². The Balaban J connectivity index is 2.49. The Morgan fingerprint density at radius 1 is 1.05 bits per heavy atom. The summed E-state index contributed by atoms with van der Waals surface area (Å²) in [6.45, 7) is 4.09. The number of aromatic nitrogens is 1. The zero-order chi connectivity index (χ0) is 13.6. The number of amides is 1. The van der Waals surface area contributed by atoms with E-state index in [2.05, 4.69) is 30.1 Å². The maximum absolute atomic E-state index is 11.5. The number of hydrogen-bond donors (Lipinski definition) is 1. The van der Waals surface area contributed by atoms with E-state index in [0.717, 1.165) is 21.9 Å². The molecule has 19 heavy (non-hydrogen) atoms. The van der Waals surface area contributed by atoms with Crippen LogP contribution in [0.5, 0.6) is 0 Å². The predicted molar refractivity (Wildman–Crippen MR) is 77.2 cm³/mol. The monoisotopic (exact) mass is 250 g/mol. The number of fused-ring (bicyclic) bond motifs is 2. The highest BCUT2D eigenvalue weighted by molar-refractivity contribution is 6.07. The third-order valence-electron chi connectivity index (χ3n) is 3.34. The van der Waals surface area contributed by atoms with Crippen LogP contribution in [-0.4, -0.2) is 10.9 Å². The predicted octanol–water partition coefficient (Wildman–Crippen LogP) is 3.10. The average Bonchev–Trinajstić information content (AvgIpc) is 2.35. The van der Waals surface area contributed by atoms with E-state index < -0.39 is 5.91 Å². The summed E-state index contributed by atoms with van der Waals surface area (Å²) < 4.78 is 0. The molecule has 0 fully saturated rings. The molecule has 3 heteroatoms. The summed E-state index contributed by atoms with van der Waals surface area (Å²) in [5.41, 5.74) is 9.79. The molecule has 3 rings (SSSR count). The third kappa shape index (κ3) is 1.83. The summed E-state index contributed by atoms with van der Waals surface area (Å²) in [6.07, 6.45) is 0. The molecule has 0 bridgehead atoms. The lowest BCUT2D eigenvalue weighted by atomic mass is 10.0. The van der Waals surface area contributed by atoms with Crippen molar-refractivity contribution < 1.29 is 4.79 Å². The number of benzene rings is 2. The van der Waals surface area contributed by atoms with Crippen molar-refractivity contribution in [2.75, 3.05) is 0 Å². The number of hydrogen-bond acceptors (Lipinski definition) is 2. The second-order valence-electron chi connectivity index (χ2n) is 4.88. The number of aryl methyl sites for hydroxylation is 2. The molecule has 0 saturated heterocycles. The van der Waals surface area contributed by atoms with Crippen molar-refractivity contribution in [3.8, 4) is 0 Å². The molecule has 0 atom stereocenters. The van der Waals surface area contributed by atoms with E-state index in [0.29, 0.717) is 11.1 Å². The van der Waals surface area contributed by atoms with Crippen LogP contribution in [0.25, 0.3) is 21.8 Å². The third-order valence-corrected chi connectivity index (χ3v) is 3.34. The molecular formula is C16H14N2O. The van der Waals surface area contributed by atoms with Crippen LogP contribution in [0.15, 0.2) is 36.4 Å². The normalized spacial score (nSPS) is 11.1. The fourth-order valence-electron chi connectivity index (χ4n) is 2.54. The van der Waals surface area contributed by atoms with Gasteiger partial charge in [0.2, 0.25) is 0 Å². The highest BCUT2D eigenvalue weighted by Crippen LogP contribution is 2.25. The van der Waals surface area contributed by atoms with Crippen molar-refractivity contribution in [1.29, 1.82) is 0 Å². The zero-order valence-electron chi connectivity index (χ0n) is 10.9.